The monoisotopic (exact) mass is 343 g/mol. The molecule has 0 aliphatic heterocycles. The molecule has 0 aliphatic rings. The van der Waals surface area contributed by atoms with Gasteiger partial charge in [0.2, 0.25) is 11.3 Å². The maximum absolute atomic E-state index is 12.4. The van der Waals surface area contributed by atoms with Crippen molar-refractivity contribution in [2.45, 2.75) is 0 Å². The first kappa shape index (κ1) is 13.6. The Labute approximate surface area is 128 Å². The number of anilines is 2. The lowest BCUT2D eigenvalue weighted by Crippen LogP contribution is -2.11. The number of carbonyl (C=O) groups excluding carboxylic acids is 1. The number of aldehydes is 1. The Bertz CT molecular complexity index is 872. The maximum Gasteiger partial charge on any atom is 0.212 e. The summed E-state index contributed by atoms with van der Waals surface area (Å²) < 4.78 is 6.41. The maximum atomic E-state index is 12.4. The van der Waals surface area contributed by atoms with Gasteiger partial charge in [-0.05, 0) is 30.3 Å². The van der Waals surface area contributed by atoms with E-state index < -0.39 is 0 Å². The van der Waals surface area contributed by atoms with Gasteiger partial charge in [-0.3, -0.25) is 9.59 Å². The summed E-state index contributed by atoms with van der Waals surface area (Å²) in [6, 6.07) is 14.3. The smallest absolute Gasteiger partial charge is 0.212 e. The molecule has 1 aromatic heterocycles. The van der Waals surface area contributed by atoms with Crippen LogP contribution in [-0.4, -0.2) is 6.29 Å². The molecule has 5 heteroatoms. The Hall–Kier alpha value is -2.40. The van der Waals surface area contributed by atoms with Crippen molar-refractivity contribution in [3.63, 3.8) is 0 Å². The van der Waals surface area contributed by atoms with E-state index in [1.54, 1.807) is 18.2 Å². The predicted molar refractivity (Wildman–Crippen MR) is 85.3 cm³/mol. The second-order valence-corrected chi connectivity index (χ2v) is 5.34. The Kier molecular flexibility index (Phi) is 3.58. The summed E-state index contributed by atoms with van der Waals surface area (Å²) in [5.41, 5.74) is 0.780. The zero-order valence-electron chi connectivity index (χ0n) is 10.8. The number of nitrogens with one attached hydrogen (secondary N) is 1. The molecule has 0 unspecified atom stereocenters. The summed E-state index contributed by atoms with van der Waals surface area (Å²) in [7, 11) is 0. The van der Waals surface area contributed by atoms with Crippen molar-refractivity contribution in [3.8, 4) is 0 Å². The lowest BCUT2D eigenvalue weighted by molar-refractivity contribution is 0.112. The van der Waals surface area contributed by atoms with Gasteiger partial charge in [-0.15, -0.1) is 0 Å². The molecule has 3 aromatic rings. The van der Waals surface area contributed by atoms with Gasteiger partial charge in [0.1, 0.15) is 11.1 Å². The number of para-hydroxylation sites is 1. The van der Waals surface area contributed by atoms with E-state index in [4.69, 9.17) is 4.42 Å². The minimum absolute atomic E-state index is 0.0237. The van der Waals surface area contributed by atoms with Crippen LogP contribution in [0.2, 0.25) is 0 Å². The molecule has 0 spiro atoms. The van der Waals surface area contributed by atoms with Gasteiger partial charge in [0, 0.05) is 10.2 Å². The van der Waals surface area contributed by atoms with E-state index in [9.17, 15) is 9.59 Å². The van der Waals surface area contributed by atoms with Crippen LogP contribution in [0.25, 0.3) is 11.0 Å². The third kappa shape index (κ3) is 2.60. The largest absolute Gasteiger partial charge is 0.439 e. The Morgan fingerprint density at radius 3 is 2.57 bits per heavy atom. The van der Waals surface area contributed by atoms with Gasteiger partial charge in [0.15, 0.2) is 6.29 Å². The van der Waals surface area contributed by atoms with Crippen molar-refractivity contribution in [3.05, 3.63) is 68.8 Å². The van der Waals surface area contributed by atoms with E-state index in [0.717, 1.165) is 10.2 Å². The summed E-state index contributed by atoms with van der Waals surface area (Å²) in [5, 5.41) is 3.33. The quantitative estimate of drug-likeness (QED) is 0.727. The summed E-state index contributed by atoms with van der Waals surface area (Å²) in [6.07, 6.45) is 0.511. The fourth-order valence-corrected chi connectivity index (χ4v) is 2.40. The van der Waals surface area contributed by atoms with E-state index in [1.165, 1.54) is 0 Å². The molecule has 2 aromatic carbocycles. The highest BCUT2D eigenvalue weighted by Gasteiger charge is 2.14. The summed E-state index contributed by atoms with van der Waals surface area (Å²) in [5.74, 6) is 0.149. The Balaban J connectivity index is 2.21. The molecule has 0 bridgehead atoms. The normalized spacial score (nSPS) is 10.5. The fraction of sp³-hybridized carbons (Fsp3) is 0. The topological polar surface area (TPSA) is 59.3 Å². The molecule has 3 rings (SSSR count). The van der Waals surface area contributed by atoms with E-state index in [0.29, 0.717) is 17.3 Å². The molecule has 0 aliphatic carbocycles. The van der Waals surface area contributed by atoms with Crippen molar-refractivity contribution in [2.24, 2.45) is 0 Å². The second-order valence-electron chi connectivity index (χ2n) is 4.42. The van der Waals surface area contributed by atoms with Crippen molar-refractivity contribution in [1.29, 1.82) is 0 Å². The second kappa shape index (κ2) is 5.54. The third-order valence-corrected chi connectivity index (χ3v) is 3.53. The van der Waals surface area contributed by atoms with Crippen LogP contribution in [0.5, 0.6) is 0 Å². The number of benzene rings is 2. The third-order valence-electron chi connectivity index (χ3n) is 3.04. The number of hydrogen-bond donors (Lipinski definition) is 1. The zero-order valence-corrected chi connectivity index (χ0v) is 12.4. The van der Waals surface area contributed by atoms with Crippen LogP contribution >= 0.6 is 15.9 Å². The SMILES string of the molecule is O=Cc1c(Nc2ccccc2)oc2ccc(Br)cc2c1=O. The first-order chi connectivity index (χ1) is 10.2. The van der Waals surface area contributed by atoms with Gasteiger partial charge < -0.3 is 9.73 Å². The Morgan fingerprint density at radius 1 is 1.10 bits per heavy atom. The molecule has 4 nitrogen and oxygen atoms in total. The molecular weight excluding hydrogens is 334 g/mol. The highest BCUT2D eigenvalue weighted by atomic mass is 79.9. The van der Waals surface area contributed by atoms with Crippen LogP contribution in [0.4, 0.5) is 11.6 Å². The molecular formula is C16H10BrNO3. The lowest BCUT2D eigenvalue weighted by Gasteiger charge is -2.08. The molecule has 0 saturated carbocycles. The lowest BCUT2D eigenvalue weighted by atomic mass is 10.1. The minimum atomic E-state index is -0.356. The number of fused-ring (bicyclic) bond motifs is 1. The molecule has 1 heterocycles. The molecule has 0 saturated heterocycles. The first-order valence-corrected chi connectivity index (χ1v) is 7.02. The van der Waals surface area contributed by atoms with Crippen molar-refractivity contribution < 1.29 is 9.21 Å². The summed E-state index contributed by atoms with van der Waals surface area (Å²) in [6.45, 7) is 0. The summed E-state index contributed by atoms with van der Waals surface area (Å²) >= 11 is 3.30. The standard InChI is InChI=1S/C16H10BrNO3/c17-10-6-7-14-12(8-10)15(20)13(9-19)16(21-14)18-11-4-2-1-3-5-11/h1-9,18H. The molecule has 0 fully saturated rings. The summed E-state index contributed by atoms with van der Waals surface area (Å²) in [4.78, 5) is 23.6. The van der Waals surface area contributed by atoms with Gasteiger partial charge in [0.25, 0.3) is 0 Å². The van der Waals surface area contributed by atoms with E-state index in [2.05, 4.69) is 21.2 Å². The minimum Gasteiger partial charge on any atom is -0.439 e. The van der Waals surface area contributed by atoms with E-state index in [-0.39, 0.29) is 16.9 Å². The number of rotatable bonds is 3. The van der Waals surface area contributed by atoms with Crippen LogP contribution in [0.1, 0.15) is 10.4 Å². The van der Waals surface area contributed by atoms with E-state index >= 15 is 0 Å². The molecule has 0 amide bonds. The van der Waals surface area contributed by atoms with E-state index in [1.807, 2.05) is 30.3 Å². The molecule has 21 heavy (non-hydrogen) atoms. The highest BCUT2D eigenvalue weighted by molar-refractivity contribution is 9.10. The average molecular weight is 344 g/mol. The van der Waals surface area contributed by atoms with Crippen LogP contribution in [0.15, 0.2) is 62.2 Å². The van der Waals surface area contributed by atoms with Crippen LogP contribution < -0.4 is 10.7 Å². The Morgan fingerprint density at radius 2 is 1.86 bits per heavy atom. The van der Waals surface area contributed by atoms with Gasteiger partial charge in [0.05, 0.1) is 5.39 Å². The van der Waals surface area contributed by atoms with Gasteiger partial charge in [-0.2, -0.15) is 0 Å². The molecule has 104 valence electrons. The fourth-order valence-electron chi connectivity index (χ4n) is 2.03. The first-order valence-electron chi connectivity index (χ1n) is 6.22. The molecule has 0 radical (unpaired) electrons. The van der Waals surface area contributed by atoms with Crippen molar-refractivity contribution in [1.82, 2.24) is 0 Å². The number of carbonyl (C=O) groups is 1. The average Bonchev–Trinajstić information content (AvgIpc) is 2.50. The van der Waals surface area contributed by atoms with Crippen LogP contribution in [0, 0.1) is 0 Å². The zero-order chi connectivity index (χ0) is 14.8. The number of halogens is 1. The molecule has 1 N–H and O–H groups in total. The van der Waals surface area contributed by atoms with Gasteiger partial charge in [-0.25, -0.2) is 0 Å². The van der Waals surface area contributed by atoms with Crippen molar-refractivity contribution in [2.75, 3.05) is 5.32 Å². The molecule has 0 atom stereocenters. The van der Waals surface area contributed by atoms with Crippen LogP contribution in [0.3, 0.4) is 0 Å². The number of hydrogen-bond acceptors (Lipinski definition) is 4. The van der Waals surface area contributed by atoms with Gasteiger partial charge >= 0.3 is 0 Å². The predicted octanol–water partition coefficient (Wildman–Crippen LogP) is 4.11. The highest BCUT2D eigenvalue weighted by Crippen LogP contribution is 2.24. The van der Waals surface area contributed by atoms with Gasteiger partial charge in [-0.1, -0.05) is 34.1 Å². The van der Waals surface area contributed by atoms with Crippen LogP contribution in [-0.2, 0) is 0 Å². The van der Waals surface area contributed by atoms with Crippen molar-refractivity contribution >= 4 is 44.8 Å².